The van der Waals surface area contributed by atoms with Crippen molar-refractivity contribution in [3.8, 4) is 17.0 Å². The Bertz CT molecular complexity index is 1270. The van der Waals surface area contributed by atoms with Crippen LogP contribution in [0.15, 0.2) is 35.5 Å². The van der Waals surface area contributed by atoms with E-state index in [1.165, 1.54) is 19.4 Å². The Morgan fingerprint density at radius 3 is 2.62 bits per heavy atom. The Labute approximate surface area is 186 Å². The lowest BCUT2D eigenvalue weighted by molar-refractivity contribution is 0.182. The lowest BCUT2D eigenvalue weighted by Gasteiger charge is -2.21. The molecule has 0 spiro atoms. The molecule has 1 fully saturated rings. The average molecular weight is 463 g/mol. The van der Waals surface area contributed by atoms with E-state index in [-0.39, 0.29) is 22.8 Å². The number of hydrogen-bond donors (Lipinski definition) is 2. The van der Waals surface area contributed by atoms with Gasteiger partial charge in [-0.2, -0.15) is 4.39 Å². The van der Waals surface area contributed by atoms with Crippen LogP contribution in [0.1, 0.15) is 40.0 Å². The number of imidazole rings is 1. The van der Waals surface area contributed by atoms with Crippen molar-refractivity contribution in [2.24, 2.45) is 0 Å². The third-order valence-electron chi connectivity index (χ3n) is 5.74. The number of ether oxygens (including phenoxy) is 1. The fourth-order valence-corrected chi connectivity index (χ4v) is 5.22. The van der Waals surface area contributed by atoms with Crippen molar-refractivity contribution in [3.63, 3.8) is 0 Å². The molecule has 0 aromatic carbocycles. The van der Waals surface area contributed by atoms with Crippen LogP contribution in [0.3, 0.4) is 0 Å². The molecule has 3 aromatic rings. The molecule has 0 saturated heterocycles. The van der Waals surface area contributed by atoms with Crippen molar-refractivity contribution < 1.29 is 22.7 Å². The van der Waals surface area contributed by atoms with Crippen molar-refractivity contribution in [2.75, 3.05) is 12.4 Å². The Morgan fingerprint density at radius 1 is 1.25 bits per heavy atom. The molecule has 32 heavy (non-hydrogen) atoms. The van der Waals surface area contributed by atoms with Gasteiger partial charge < -0.3 is 15.2 Å². The first kappa shape index (κ1) is 22.5. The highest BCUT2D eigenvalue weighted by molar-refractivity contribution is 7.92. The van der Waals surface area contributed by atoms with E-state index in [4.69, 9.17) is 4.74 Å². The van der Waals surface area contributed by atoms with Crippen LogP contribution in [0.2, 0.25) is 0 Å². The number of hydrogen-bond acceptors (Lipinski definition) is 7. The van der Waals surface area contributed by atoms with E-state index in [0.717, 1.165) is 6.42 Å². The van der Waals surface area contributed by atoms with Crippen LogP contribution in [0.25, 0.3) is 16.9 Å². The number of anilines is 1. The van der Waals surface area contributed by atoms with Crippen LogP contribution in [0.4, 0.5) is 10.2 Å². The maximum absolute atomic E-state index is 14.4. The second-order valence-corrected chi connectivity index (χ2v) is 11.7. The number of nitrogens with zero attached hydrogens (tertiary/aromatic N) is 3. The van der Waals surface area contributed by atoms with Crippen molar-refractivity contribution in [3.05, 3.63) is 36.5 Å². The van der Waals surface area contributed by atoms with Crippen molar-refractivity contribution in [1.82, 2.24) is 14.4 Å². The number of aliphatic hydroxyl groups is 1. The zero-order valence-corrected chi connectivity index (χ0v) is 19.3. The Morgan fingerprint density at radius 2 is 2.00 bits per heavy atom. The molecule has 2 N–H and O–H groups in total. The summed E-state index contributed by atoms with van der Waals surface area (Å²) in [5, 5.41) is 12.9. The van der Waals surface area contributed by atoms with Crippen LogP contribution in [-0.4, -0.2) is 51.9 Å². The maximum atomic E-state index is 14.4. The largest absolute Gasteiger partial charge is 0.495 e. The summed E-state index contributed by atoms with van der Waals surface area (Å²) in [5.74, 6) is -0.118. The van der Waals surface area contributed by atoms with Gasteiger partial charge in [0.15, 0.2) is 9.84 Å². The molecule has 1 saturated carbocycles. The molecule has 2 atom stereocenters. The topological polar surface area (TPSA) is 106 Å². The van der Waals surface area contributed by atoms with Crippen LogP contribution in [0.5, 0.6) is 5.75 Å². The average Bonchev–Trinajstić information content (AvgIpc) is 3.31. The van der Waals surface area contributed by atoms with Gasteiger partial charge >= 0.3 is 0 Å². The molecule has 4 rings (SSSR count). The highest BCUT2D eigenvalue weighted by atomic mass is 32.2. The number of rotatable bonds is 5. The highest BCUT2D eigenvalue weighted by Gasteiger charge is 2.34. The fourth-order valence-electron chi connectivity index (χ4n) is 3.91. The zero-order chi connectivity index (χ0) is 23.3. The molecule has 1 unspecified atom stereocenters. The van der Waals surface area contributed by atoms with Crippen LogP contribution in [-0.2, 0) is 9.84 Å². The number of fused-ring (bicyclic) bond motifs is 1. The van der Waals surface area contributed by atoms with Gasteiger partial charge in [-0.25, -0.2) is 18.4 Å². The van der Waals surface area contributed by atoms with Crippen LogP contribution < -0.4 is 10.1 Å². The van der Waals surface area contributed by atoms with E-state index in [0.29, 0.717) is 35.6 Å². The Kier molecular flexibility index (Phi) is 5.62. The summed E-state index contributed by atoms with van der Waals surface area (Å²) < 4.78 is 46.6. The predicted octanol–water partition coefficient (Wildman–Crippen LogP) is 3.44. The first-order chi connectivity index (χ1) is 15.0. The van der Waals surface area contributed by atoms with Gasteiger partial charge in [-0.05, 0) is 46.1 Å². The summed E-state index contributed by atoms with van der Waals surface area (Å²) in [7, 11) is -2.31. The first-order valence-corrected chi connectivity index (χ1v) is 11.9. The normalized spacial score (nSPS) is 19.4. The highest BCUT2D eigenvalue weighted by Crippen LogP contribution is 2.35. The molecule has 0 bridgehead atoms. The molecule has 172 valence electrons. The first-order valence-electron chi connectivity index (χ1n) is 10.4. The summed E-state index contributed by atoms with van der Waals surface area (Å²) >= 11 is 0. The van der Waals surface area contributed by atoms with Crippen molar-refractivity contribution >= 4 is 21.3 Å². The summed E-state index contributed by atoms with van der Waals surface area (Å²) in [6.45, 7) is 4.87. The monoisotopic (exact) mass is 462 g/mol. The summed E-state index contributed by atoms with van der Waals surface area (Å²) in [6.07, 6.45) is 4.71. The summed E-state index contributed by atoms with van der Waals surface area (Å²) in [6, 6.07) is 4.54. The molecule has 1 aliphatic carbocycles. The second kappa shape index (κ2) is 8.00. The minimum absolute atomic E-state index is 0.0159. The molecule has 3 aromatic heterocycles. The van der Waals surface area contributed by atoms with E-state index in [9.17, 15) is 17.9 Å². The third-order valence-corrected chi connectivity index (χ3v) is 8.24. The third kappa shape index (κ3) is 4.04. The molecule has 1 aliphatic rings. The van der Waals surface area contributed by atoms with Gasteiger partial charge in [0.1, 0.15) is 22.1 Å². The van der Waals surface area contributed by atoms with E-state index >= 15 is 0 Å². The van der Waals surface area contributed by atoms with Gasteiger partial charge in [0.25, 0.3) is 0 Å². The number of halogens is 1. The molecule has 0 aliphatic heterocycles. The number of pyridine rings is 2. The number of sulfone groups is 1. The fraction of sp³-hybridized carbons (Fsp3) is 0.455. The van der Waals surface area contributed by atoms with Gasteiger partial charge in [-0.1, -0.05) is 0 Å². The standard InChI is InChI=1S/C22H27FN4O4S/c1-22(2,3)32(29,30)18-12-27-16(11-24-21(27)10-17(18)31-4)13-7-19(23)26-20(8-13)25-14-5-6-15(28)9-14/h7-8,10-12,14-15,28H,5-6,9H2,1-4H3,(H,25,26)/t14?,15-/m0/s1. The Balaban J connectivity index is 1.81. The quantitative estimate of drug-likeness (QED) is 0.560. The van der Waals surface area contributed by atoms with E-state index in [1.807, 2.05) is 0 Å². The van der Waals surface area contributed by atoms with Crippen LogP contribution >= 0.6 is 0 Å². The lowest BCUT2D eigenvalue weighted by Crippen LogP contribution is -2.28. The zero-order valence-electron chi connectivity index (χ0n) is 18.5. The molecule has 0 amide bonds. The van der Waals surface area contributed by atoms with Gasteiger partial charge in [-0.15, -0.1) is 0 Å². The number of methoxy groups -OCH3 is 1. The van der Waals surface area contributed by atoms with E-state index in [1.54, 1.807) is 43.5 Å². The SMILES string of the molecule is COc1cc2ncc(-c3cc(F)nc(NC4CC[C@H](O)C4)c3)n2cc1S(=O)(=O)C(C)(C)C. The smallest absolute Gasteiger partial charge is 0.215 e. The minimum Gasteiger partial charge on any atom is -0.495 e. The Hall–Kier alpha value is -2.72. The number of nitrogens with one attached hydrogen (secondary N) is 1. The summed E-state index contributed by atoms with van der Waals surface area (Å²) in [4.78, 5) is 8.31. The van der Waals surface area contributed by atoms with Crippen molar-refractivity contribution in [2.45, 2.75) is 61.8 Å². The van der Waals surface area contributed by atoms with Gasteiger partial charge in [0, 0.05) is 29.9 Å². The number of aromatic nitrogens is 3. The minimum atomic E-state index is -3.72. The van der Waals surface area contributed by atoms with Gasteiger partial charge in [0.05, 0.1) is 29.9 Å². The van der Waals surface area contributed by atoms with Gasteiger partial charge in [0.2, 0.25) is 5.95 Å². The molecule has 0 radical (unpaired) electrons. The molecule has 8 nitrogen and oxygen atoms in total. The molecular weight excluding hydrogens is 435 g/mol. The van der Waals surface area contributed by atoms with Crippen LogP contribution in [0, 0.1) is 5.95 Å². The molecular formula is C22H27FN4O4S. The summed E-state index contributed by atoms with van der Waals surface area (Å²) in [5.41, 5.74) is 1.48. The number of aliphatic hydroxyl groups excluding tert-OH is 1. The van der Waals surface area contributed by atoms with E-state index in [2.05, 4.69) is 15.3 Å². The second-order valence-electron chi connectivity index (χ2n) is 9.07. The maximum Gasteiger partial charge on any atom is 0.215 e. The molecule has 10 heteroatoms. The molecule has 3 heterocycles. The van der Waals surface area contributed by atoms with Gasteiger partial charge in [-0.3, -0.25) is 4.40 Å². The van der Waals surface area contributed by atoms with E-state index < -0.39 is 20.5 Å². The predicted molar refractivity (Wildman–Crippen MR) is 119 cm³/mol. The van der Waals surface area contributed by atoms with Crippen molar-refractivity contribution in [1.29, 1.82) is 0 Å². The lowest BCUT2D eigenvalue weighted by atomic mass is 10.2.